The van der Waals surface area contributed by atoms with Gasteiger partial charge < -0.3 is 25.5 Å². The molecule has 0 aliphatic heterocycles. The Morgan fingerprint density at radius 3 is 2.67 bits per heavy atom. The SMILES string of the molecule is CC(=O)OCC(O)Nc1cc(-n2cc(C)c3c2CC(C)(C)CC3=O)ccc1C(N)=O. The molecule has 30 heavy (non-hydrogen) atoms. The predicted molar refractivity (Wildman–Crippen MR) is 112 cm³/mol. The number of fused-ring (bicyclic) bond motifs is 1. The predicted octanol–water partition coefficient (Wildman–Crippen LogP) is 2.33. The van der Waals surface area contributed by atoms with Crippen LogP contribution in [-0.4, -0.2) is 40.2 Å². The lowest BCUT2D eigenvalue weighted by Crippen LogP contribution is -2.28. The molecule has 1 atom stereocenters. The molecule has 0 fully saturated rings. The summed E-state index contributed by atoms with van der Waals surface area (Å²) in [5, 5.41) is 12.9. The minimum atomic E-state index is -1.22. The number of amides is 1. The van der Waals surface area contributed by atoms with Crippen molar-refractivity contribution in [1.82, 2.24) is 4.57 Å². The second-order valence-electron chi connectivity index (χ2n) is 8.50. The van der Waals surface area contributed by atoms with Crippen LogP contribution in [0.25, 0.3) is 5.69 Å². The van der Waals surface area contributed by atoms with Crippen LogP contribution in [0.1, 0.15) is 59.2 Å². The van der Waals surface area contributed by atoms with Gasteiger partial charge in [0.15, 0.2) is 12.0 Å². The average molecular weight is 413 g/mol. The summed E-state index contributed by atoms with van der Waals surface area (Å²) in [4.78, 5) is 35.5. The van der Waals surface area contributed by atoms with Crippen LogP contribution in [0, 0.1) is 12.3 Å². The van der Waals surface area contributed by atoms with Gasteiger partial charge in [-0.1, -0.05) is 13.8 Å². The third-order valence-electron chi connectivity index (χ3n) is 5.17. The number of Topliss-reactive ketones (excluding diaryl/α,β-unsaturated/α-hetero) is 1. The number of hydrogen-bond acceptors (Lipinski definition) is 6. The summed E-state index contributed by atoms with van der Waals surface area (Å²) in [5.41, 5.74) is 9.10. The van der Waals surface area contributed by atoms with Crippen molar-refractivity contribution in [2.24, 2.45) is 11.1 Å². The molecule has 1 aromatic carbocycles. The monoisotopic (exact) mass is 413 g/mol. The van der Waals surface area contributed by atoms with Gasteiger partial charge in [0.2, 0.25) is 0 Å². The van der Waals surface area contributed by atoms with Crippen molar-refractivity contribution < 1.29 is 24.2 Å². The lowest BCUT2D eigenvalue weighted by atomic mass is 9.75. The lowest BCUT2D eigenvalue weighted by molar-refractivity contribution is -0.143. The number of anilines is 1. The number of rotatable bonds is 6. The fraction of sp³-hybridized carbons (Fsp3) is 0.409. The van der Waals surface area contributed by atoms with Crippen molar-refractivity contribution in [2.45, 2.75) is 46.8 Å². The van der Waals surface area contributed by atoms with Crippen LogP contribution in [0.4, 0.5) is 5.69 Å². The van der Waals surface area contributed by atoms with E-state index in [1.54, 1.807) is 18.2 Å². The van der Waals surface area contributed by atoms with Crippen LogP contribution in [0.5, 0.6) is 0 Å². The Labute approximate surface area is 175 Å². The molecule has 0 saturated carbocycles. The minimum absolute atomic E-state index is 0.126. The number of aromatic nitrogens is 1. The maximum absolute atomic E-state index is 12.7. The molecular formula is C22H27N3O5. The first-order valence-electron chi connectivity index (χ1n) is 9.75. The smallest absolute Gasteiger partial charge is 0.302 e. The molecule has 0 saturated heterocycles. The molecule has 0 radical (unpaired) electrons. The number of carbonyl (C=O) groups is 3. The number of esters is 1. The van der Waals surface area contributed by atoms with Crippen LogP contribution in [0.15, 0.2) is 24.4 Å². The van der Waals surface area contributed by atoms with Gasteiger partial charge in [-0.3, -0.25) is 14.4 Å². The molecule has 1 aromatic heterocycles. The van der Waals surface area contributed by atoms with E-state index in [-0.39, 0.29) is 23.4 Å². The highest BCUT2D eigenvalue weighted by Crippen LogP contribution is 2.38. The number of hydrogen-bond donors (Lipinski definition) is 3. The average Bonchev–Trinajstić information content (AvgIpc) is 2.95. The first-order valence-corrected chi connectivity index (χ1v) is 9.75. The van der Waals surface area contributed by atoms with Crippen molar-refractivity contribution in [3.05, 3.63) is 46.8 Å². The number of aryl methyl sites for hydroxylation is 1. The van der Waals surface area contributed by atoms with E-state index in [9.17, 15) is 19.5 Å². The highest BCUT2D eigenvalue weighted by molar-refractivity contribution is 6.01. The summed E-state index contributed by atoms with van der Waals surface area (Å²) in [7, 11) is 0. The van der Waals surface area contributed by atoms with E-state index in [1.165, 1.54) is 6.92 Å². The van der Waals surface area contributed by atoms with E-state index in [2.05, 4.69) is 19.2 Å². The van der Waals surface area contributed by atoms with Gasteiger partial charge in [-0.25, -0.2) is 0 Å². The number of nitrogens with one attached hydrogen (secondary N) is 1. The van der Waals surface area contributed by atoms with Crippen molar-refractivity contribution >= 4 is 23.3 Å². The second kappa shape index (κ2) is 7.95. The standard InChI is InChI=1S/C22H27N3O5/c1-12-10-25(17-8-22(3,4)9-18(27)20(12)17)14-5-6-15(21(23)29)16(7-14)24-19(28)11-30-13(2)26/h5-7,10,19,24,28H,8-9,11H2,1-4H3,(H2,23,29). The molecule has 160 valence electrons. The zero-order valence-corrected chi connectivity index (χ0v) is 17.6. The van der Waals surface area contributed by atoms with Gasteiger partial charge in [0.1, 0.15) is 6.61 Å². The number of benzene rings is 1. The molecule has 4 N–H and O–H groups in total. The molecule has 3 rings (SSSR count). The minimum Gasteiger partial charge on any atom is -0.461 e. The normalized spacial score (nSPS) is 16.0. The summed E-state index contributed by atoms with van der Waals surface area (Å²) in [6, 6.07) is 4.99. The molecule has 0 bridgehead atoms. The Bertz CT molecular complexity index is 1020. The Morgan fingerprint density at radius 2 is 2.03 bits per heavy atom. The quantitative estimate of drug-likeness (QED) is 0.493. The third kappa shape index (κ3) is 4.38. The number of nitrogens with two attached hydrogens (primary N) is 1. The molecule has 1 aliphatic rings. The van der Waals surface area contributed by atoms with Crippen LogP contribution in [-0.2, 0) is 16.0 Å². The Balaban J connectivity index is 2.02. The molecule has 2 aromatic rings. The zero-order valence-electron chi connectivity index (χ0n) is 17.6. The molecule has 0 spiro atoms. The highest BCUT2D eigenvalue weighted by atomic mass is 16.5. The topological polar surface area (TPSA) is 124 Å². The van der Waals surface area contributed by atoms with Crippen LogP contribution < -0.4 is 11.1 Å². The van der Waals surface area contributed by atoms with Crippen LogP contribution >= 0.6 is 0 Å². The highest BCUT2D eigenvalue weighted by Gasteiger charge is 2.34. The fourth-order valence-electron chi connectivity index (χ4n) is 3.94. The third-order valence-corrected chi connectivity index (χ3v) is 5.17. The van der Waals surface area contributed by atoms with Crippen molar-refractivity contribution in [1.29, 1.82) is 0 Å². The summed E-state index contributed by atoms with van der Waals surface area (Å²) in [5.74, 6) is -1.06. The lowest BCUT2D eigenvalue weighted by Gasteiger charge is -2.30. The fourth-order valence-corrected chi connectivity index (χ4v) is 3.94. The number of carbonyl (C=O) groups excluding carboxylic acids is 3. The maximum atomic E-state index is 12.7. The molecule has 1 unspecified atom stereocenters. The van der Waals surface area contributed by atoms with E-state index in [0.29, 0.717) is 12.1 Å². The summed E-state index contributed by atoms with van der Waals surface area (Å²) in [6.45, 7) is 7.00. The summed E-state index contributed by atoms with van der Waals surface area (Å²) < 4.78 is 6.74. The van der Waals surface area contributed by atoms with Gasteiger partial charge >= 0.3 is 5.97 Å². The molecular weight excluding hydrogens is 386 g/mol. The maximum Gasteiger partial charge on any atom is 0.302 e. The summed E-state index contributed by atoms with van der Waals surface area (Å²) >= 11 is 0. The van der Waals surface area contributed by atoms with E-state index >= 15 is 0 Å². The number of nitrogens with zero attached hydrogens (tertiary/aromatic N) is 1. The van der Waals surface area contributed by atoms with Gasteiger partial charge in [-0.05, 0) is 42.5 Å². The second-order valence-corrected chi connectivity index (χ2v) is 8.50. The van der Waals surface area contributed by atoms with Gasteiger partial charge in [-0.2, -0.15) is 0 Å². The van der Waals surface area contributed by atoms with Gasteiger partial charge in [0.25, 0.3) is 5.91 Å². The van der Waals surface area contributed by atoms with E-state index in [1.807, 2.05) is 17.7 Å². The number of ether oxygens (including phenoxy) is 1. The van der Waals surface area contributed by atoms with Gasteiger partial charge in [-0.15, -0.1) is 0 Å². The van der Waals surface area contributed by atoms with E-state index in [0.717, 1.165) is 28.9 Å². The molecule has 1 amide bonds. The van der Waals surface area contributed by atoms with Crippen LogP contribution in [0.3, 0.4) is 0 Å². The van der Waals surface area contributed by atoms with Crippen molar-refractivity contribution in [3.8, 4) is 5.69 Å². The van der Waals surface area contributed by atoms with Crippen molar-refractivity contribution in [3.63, 3.8) is 0 Å². The summed E-state index contributed by atoms with van der Waals surface area (Å²) in [6.07, 6.45) is 1.92. The Kier molecular flexibility index (Phi) is 5.72. The Hall–Kier alpha value is -3.13. The van der Waals surface area contributed by atoms with Gasteiger partial charge in [0, 0.05) is 36.5 Å². The van der Waals surface area contributed by atoms with E-state index < -0.39 is 18.1 Å². The molecule has 1 aliphatic carbocycles. The van der Waals surface area contributed by atoms with Crippen LogP contribution in [0.2, 0.25) is 0 Å². The van der Waals surface area contributed by atoms with Gasteiger partial charge in [0.05, 0.1) is 11.3 Å². The number of aliphatic hydroxyl groups excluding tert-OH is 1. The molecule has 1 heterocycles. The van der Waals surface area contributed by atoms with Crippen molar-refractivity contribution in [2.75, 3.05) is 11.9 Å². The van der Waals surface area contributed by atoms with E-state index in [4.69, 9.17) is 10.5 Å². The largest absolute Gasteiger partial charge is 0.461 e. The Morgan fingerprint density at radius 1 is 1.33 bits per heavy atom. The molecule has 8 nitrogen and oxygen atoms in total. The first kappa shape index (κ1) is 21.6. The number of primary amides is 1. The molecule has 8 heteroatoms. The number of ketones is 1. The first-order chi connectivity index (χ1) is 14.0. The number of aliphatic hydroxyl groups is 1. The zero-order chi connectivity index (χ0) is 22.2.